The highest BCUT2D eigenvalue weighted by molar-refractivity contribution is 5.92. The van der Waals surface area contributed by atoms with Gasteiger partial charge in [-0.3, -0.25) is 4.79 Å². The highest BCUT2D eigenvalue weighted by Crippen LogP contribution is 1.95. The van der Waals surface area contributed by atoms with Crippen molar-refractivity contribution in [2.75, 3.05) is 7.05 Å². The quantitative estimate of drug-likeness (QED) is 0.524. The summed E-state index contributed by atoms with van der Waals surface area (Å²) < 4.78 is 0. The van der Waals surface area contributed by atoms with Gasteiger partial charge in [-0.2, -0.15) is 0 Å². The van der Waals surface area contributed by atoms with Crippen LogP contribution in [0.2, 0.25) is 0 Å². The van der Waals surface area contributed by atoms with Gasteiger partial charge in [0.2, 0.25) is 0 Å². The van der Waals surface area contributed by atoms with Crippen molar-refractivity contribution < 1.29 is 9.63 Å². The Hall–Kier alpha value is -1.45. The van der Waals surface area contributed by atoms with Gasteiger partial charge in [-0.05, 0) is 12.2 Å². The van der Waals surface area contributed by atoms with Gasteiger partial charge in [-0.1, -0.05) is 0 Å². The summed E-state index contributed by atoms with van der Waals surface area (Å²) in [5.74, 6) is -0.190. The molecule has 1 heterocycles. The average Bonchev–Trinajstić information content (AvgIpc) is 2.05. The number of likely N-dealkylation sites (N-methyl/N-ethyl adjacent to an activating group) is 1. The Labute approximate surface area is 58.5 Å². The lowest BCUT2D eigenvalue weighted by Crippen LogP contribution is -2.29. The first kappa shape index (κ1) is 6.67. The number of carbonyl (C=O) groups is 1. The minimum absolute atomic E-state index is 0.190. The van der Waals surface area contributed by atoms with Gasteiger partial charge in [0.15, 0.2) is 0 Å². The first-order valence-corrected chi connectivity index (χ1v) is 2.85. The summed E-state index contributed by atoms with van der Waals surface area (Å²) in [6, 6.07) is 0. The Morgan fingerprint density at radius 3 is 3.10 bits per heavy atom. The molecule has 1 aliphatic heterocycles. The van der Waals surface area contributed by atoms with Gasteiger partial charge in [0.05, 0.1) is 0 Å². The lowest BCUT2D eigenvalue weighted by atomic mass is 10.3. The maximum Gasteiger partial charge on any atom is 0.270 e. The number of carbonyl (C=O) groups excluding carboxylic acids is 1. The van der Waals surface area contributed by atoms with Crippen molar-refractivity contribution in [2.24, 2.45) is 0 Å². The SMILES string of the molecule is CNC(=O)C1=CC=CON1. The normalized spacial score (nSPS) is 14.7. The fraction of sp³-hybridized carbons (Fsp3) is 0.167. The second kappa shape index (κ2) is 2.91. The minimum atomic E-state index is -0.190. The summed E-state index contributed by atoms with van der Waals surface area (Å²) in [6.45, 7) is 0. The molecule has 4 nitrogen and oxygen atoms in total. The molecule has 1 rings (SSSR count). The fourth-order valence-corrected chi connectivity index (χ4v) is 0.563. The second-order valence-corrected chi connectivity index (χ2v) is 1.71. The molecular weight excluding hydrogens is 132 g/mol. The van der Waals surface area contributed by atoms with Crippen LogP contribution in [0.15, 0.2) is 24.1 Å². The molecule has 2 N–H and O–H groups in total. The minimum Gasteiger partial charge on any atom is -0.390 e. The van der Waals surface area contributed by atoms with Crippen molar-refractivity contribution in [3.05, 3.63) is 24.1 Å². The summed E-state index contributed by atoms with van der Waals surface area (Å²) in [4.78, 5) is 15.5. The van der Waals surface area contributed by atoms with E-state index in [1.165, 1.54) is 6.26 Å². The maximum absolute atomic E-state index is 10.8. The van der Waals surface area contributed by atoms with Gasteiger partial charge in [0.25, 0.3) is 5.91 Å². The molecular formula is C6H8N2O2. The third-order valence-corrected chi connectivity index (χ3v) is 1.05. The van der Waals surface area contributed by atoms with Crippen molar-refractivity contribution in [3.8, 4) is 0 Å². The number of allylic oxidation sites excluding steroid dienone is 2. The summed E-state index contributed by atoms with van der Waals surface area (Å²) in [5.41, 5.74) is 2.84. The van der Waals surface area contributed by atoms with Crippen LogP contribution in [-0.2, 0) is 9.63 Å². The number of rotatable bonds is 1. The van der Waals surface area contributed by atoms with E-state index in [4.69, 9.17) is 0 Å². The molecule has 10 heavy (non-hydrogen) atoms. The largest absolute Gasteiger partial charge is 0.390 e. The van der Waals surface area contributed by atoms with Gasteiger partial charge in [-0.15, -0.1) is 0 Å². The van der Waals surface area contributed by atoms with E-state index in [1.807, 2.05) is 0 Å². The Balaban J connectivity index is 2.62. The van der Waals surface area contributed by atoms with Crippen molar-refractivity contribution in [2.45, 2.75) is 0 Å². The smallest absolute Gasteiger partial charge is 0.270 e. The van der Waals surface area contributed by atoms with Crippen molar-refractivity contribution >= 4 is 5.91 Å². The molecule has 0 aliphatic carbocycles. The predicted octanol–water partition coefficient (Wildman–Crippen LogP) is -0.335. The van der Waals surface area contributed by atoms with Crippen LogP contribution in [0.4, 0.5) is 0 Å². The Morgan fingerprint density at radius 1 is 1.80 bits per heavy atom. The van der Waals surface area contributed by atoms with Gasteiger partial charge in [-0.25, -0.2) is 5.48 Å². The van der Waals surface area contributed by atoms with E-state index in [9.17, 15) is 4.79 Å². The van der Waals surface area contributed by atoms with Crippen LogP contribution in [0.1, 0.15) is 0 Å². The topological polar surface area (TPSA) is 50.4 Å². The Kier molecular flexibility index (Phi) is 1.94. The molecule has 4 heteroatoms. The Bertz CT molecular complexity index is 196. The van der Waals surface area contributed by atoms with E-state index >= 15 is 0 Å². The molecule has 0 unspecified atom stereocenters. The van der Waals surface area contributed by atoms with E-state index < -0.39 is 0 Å². The highest BCUT2D eigenvalue weighted by Gasteiger charge is 2.06. The standard InChI is InChI=1S/C6H8N2O2/c1-7-6(9)5-3-2-4-10-8-5/h2-4,8H,1H3,(H,7,9). The van der Waals surface area contributed by atoms with Crippen molar-refractivity contribution in [1.82, 2.24) is 10.8 Å². The molecule has 0 saturated carbocycles. The van der Waals surface area contributed by atoms with E-state index in [1.54, 1.807) is 19.2 Å². The zero-order valence-electron chi connectivity index (χ0n) is 5.55. The second-order valence-electron chi connectivity index (χ2n) is 1.71. The monoisotopic (exact) mass is 140 g/mol. The summed E-state index contributed by atoms with van der Waals surface area (Å²) in [5, 5.41) is 2.45. The maximum atomic E-state index is 10.8. The van der Waals surface area contributed by atoms with Crippen LogP contribution in [0.3, 0.4) is 0 Å². The molecule has 0 aromatic rings. The summed E-state index contributed by atoms with van der Waals surface area (Å²) >= 11 is 0. The van der Waals surface area contributed by atoms with Crippen LogP contribution in [0.25, 0.3) is 0 Å². The highest BCUT2D eigenvalue weighted by atomic mass is 16.6. The van der Waals surface area contributed by atoms with E-state index in [0.717, 1.165) is 0 Å². The molecule has 54 valence electrons. The number of hydroxylamine groups is 1. The summed E-state index contributed by atoms with van der Waals surface area (Å²) in [6.07, 6.45) is 4.72. The lowest BCUT2D eigenvalue weighted by molar-refractivity contribution is -0.118. The first-order valence-electron chi connectivity index (χ1n) is 2.85. The van der Waals surface area contributed by atoms with Crippen LogP contribution in [0, 0.1) is 0 Å². The number of nitrogens with one attached hydrogen (secondary N) is 2. The third-order valence-electron chi connectivity index (χ3n) is 1.05. The van der Waals surface area contributed by atoms with E-state index in [-0.39, 0.29) is 5.91 Å². The molecule has 0 fully saturated rings. The van der Waals surface area contributed by atoms with E-state index in [2.05, 4.69) is 15.6 Å². The van der Waals surface area contributed by atoms with Crippen LogP contribution < -0.4 is 10.8 Å². The molecule has 0 bridgehead atoms. The zero-order chi connectivity index (χ0) is 7.40. The number of hydrogen-bond donors (Lipinski definition) is 2. The van der Waals surface area contributed by atoms with Gasteiger partial charge in [0, 0.05) is 7.05 Å². The number of amides is 1. The van der Waals surface area contributed by atoms with Gasteiger partial charge in [0.1, 0.15) is 12.0 Å². The Morgan fingerprint density at radius 2 is 2.60 bits per heavy atom. The van der Waals surface area contributed by atoms with Crippen LogP contribution in [0.5, 0.6) is 0 Å². The molecule has 0 aromatic carbocycles. The van der Waals surface area contributed by atoms with E-state index in [0.29, 0.717) is 5.70 Å². The number of hydrogen-bond acceptors (Lipinski definition) is 3. The average molecular weight is 140 g/mol. The van der Waals surface area contributed by atoms with Crippen LogP contribution in [-0.4, -0.2) is 13.0 Å². The van der Waals surface area contributed by atoms with Gasteiger partial charge < -0.3 is 10.2 Å². The van der Waals surface area contributed by atoms with Crippen molar-refractivity contribution in [1.29, 1.82) is 0 Å². The summed E-state index contributed by atoms with van der Waals surface area (Å²) in [7, 11) is 1.56. The molecule has 0 atom stereocenters. The lowest BCUT2D eigenvalue weighted by Gasteiger charge is -2.09. The molecule has 0 saturated heterocycles. The molecule has 0 spiro atoms. The molecule has 0 aromatic heterocycles. The van der Waals surface area contributed by atoms with Gasteiger partial charge >= 0.3 is 0 Å². The predicted molar refractivity (Wildman–Crippen MR) is 35.5 cm³/mol. The fourth-order valence-electron chi connectivity index (χ4n) is 0.563. The first-order chi connectivity index (χ1) is 4.84. The zero-order valence-corrected chi connectivity index (χ0v) is 5.55. The molecule has 1 aliphatic rings. The van der Waals surface area contributed by atoms with Crippen molar-refractivity contribution in [3.63, 3.8) is 0 Å². The van der Waals surface area contributed by atoms with Crippen LogP contribution >= 0.6 is 0 Å². The molecule has 0 radical (unpaired) electrons. The molecule has 1 amide bonds. The third kappa shape index (κ3) is 1.28.